The highest BCUT2D eigenvalue weighted by molar-refractivity contribution is 6.03. The Morgan fingerprint density at radius 1 is 1.38 bits per heavy atom. The minimum absolute atomic E-state index is 0.0538. The quantitative estimate of drug-likeness (QED) is 0.631. The van der Waals surface area contributed by atoms with Gasteiger partial charge in [-0.15, -0.1) is 0 Å². The first-order chi connectivity index (χ1) is 11.4. The van der Waals surface area contributed by atoms with E-state index in [0.717, 1.165) is 11.3 Å². The van der Waals surface area contributed by atoms with Crippen LogP contribution in [0.1, 0.15) is 19.4 Å². The number of aryl methyl sites for hydroxylation is 1. The fourth-order valence-corrected chi connectivity index (χ4v) is 4.15. The smallest absolute Gasteiger partial charge is 0.313 e. The standard InChI is InChI=1S/C19H21NO4/c1-11(2)23-18(22)15-14-8-9-19(24-14)10-20(17(21)16(15)19)13-7-5-4-6-12(13)3/h4-9,11,14-16H,10H2,1-3H3/t14-,15+,16+,19+/m1/s1. The largest absolute Gasteiger partial charge is 0.463 e. The molecule has 0 N–H and O–H groups in total. The normalized spacial score (nSPS) is 33.4. The molecule has 1 spiro atoms. The van der Waals surface area contributed by atoms with Crippen LogP contribution in [0.3, 0.4) is 0 Å². The number of fused-ring (bicyclic) bond motifs is 1. The van der Waals surface area contributed by atoms with Crippen LogP contribution in [-0.4, -0.2) is 36.2 Å². The number of esters is 1. The van der Waals surface area contributed by atoms with Crippen molar-refractivity contribution in [2.24, 2.45) is 11.8 Å². The summed E-state index contributed by atoms with van der Waals surface area (Å²) in [5, 5.41) is 0. The molecule has 2 saturated heterocycles. The van der Waals surface area contributed by atoms with Crippen molar-refractivity contribution in [2.45, 2.75) is 38.6 Å². The van der Waals surface area contributed by atoms with Gasteiger partial charge in [-0.2, -0.15) is 0 Å². The molecule has 5 heteroatoms. The highest BCUT2D eigenvalue weighted by Crippen LogP contribution is 2.53. The van der Waals surface area contributed by atoms with E-state index < -0.39 is 17.4 Å². The third kappa shape index (κ3) is 2.04. The second-order valence-corrected chi connectivity index (χ2v) is 7.10. The highest BCUT2D eigenvalue weighted by atomic mass is 16.6. The molecule has 5 nitrogen and oxygen atoms in total. The summed E-state index contributed by atoms with van der Waals surface area (Å²) < 4.78 is 11.5. The zero-order valence-corrected chi connectivity index (χ0v) is 14.1. The Bertz CT molecular complexity index is 741. The molecule has 0 aliphatic carbocycles. The lowest BCUT2D eigenvalue weighted by molar-refractivity contribution is -0.156. The Kier molecular flexibility index (Phi) is 3.32. The zero-order chi connectivity index (χ0) is 17.1. The third-order valence-corrected chi connectivity index (χ3v) is 5.13. The van der Waals surface area contributed by atoms with Crippen LogP contribution in [0.5, 0.6) is 0 Å². The van der Waals surface area contributed by atoms with Crippen LogP contribution in [0.4, 0.5) is 5.69 Å². The number of benzene rings is 1. The Morgan fingerprint density at radius 3 is 2.83 bits per heavy atom. The lowest BCUT2D eigenvalue weighted by Crippen LogP contribution is -2.40. The second-order valence-electron chi connectivity index (χ2n) is 7.10. The van der Waals surface area contributed by atoms with E-state index in [0.29, 0.717) is 6.54 Å². The Balaban J connectivity index is 1.69. The van der Waals surface area contributed by atoms with Crippen molar-refractivity contribution in [3.05, 3.63) is 42.0 Å². The van der Waals surface area contributed by atoms with Crippen molar-refractivity contribution in [1.82, 2.24) is 0 Å². The van der Waals surface area contributed by atoms with Crippen molar-refractivity contribution in [1.29, 1.82) is 0 Å². The molecule has 4 rings (SSSR count). The topological polar surface area (TPSA) is 55.8 Å². The lowest BCUT2D eigenvalue weighted by Gasteiger charge is -2.23. The monoisotopic (exact) mass is 327 g/mol. The zero-order valence-electron chi connectivity index (χ0n) is 14.1. The summed E-state index contributed by atoms with van der Waals surface area (Å²) in [5.41, 5.74) is 1.20. The van der Waals surface area contributed by atoms with Gasteiger partial charge in [-0.05, 0) is 32.4 Å². The van der Waals surface area contributed by atoms with Crippen LogP contribution in [0.25, 0.3) is 0 Å². The van der Waals surface area contributed by atoms with Gasteiger partial charge in [-0.1, -0.05) is 30.4 Å². The van der Waals surface area contributed by atoms with Gasteiger partial charge in [0.2, 0.25) is 5.91 Å². The maximum absolute atomic E-state index is 13.1. The van der Waals surface area contributed by atoms with Gasteiger partial charge in [0.15, 0.2) is 0 Å². The third-order valence-electron chi connectivity index (χ3n) is 5.13. The number of hydrogen-bond donors (Lipinski definition) is 0. The molecule has 24 heavy (non-hydrogen) atoms. The predicted molar refractivity (Wildman–Crippen MR) is 88.5 cm³/mol. The number of carbonyl (C=O) groups is 2. The maximum atomic E-state index is 13.1. The highest BCUT2D eigenvalue weighted by Gasteiger charge is 2.67. The molecular formula is C19H21NO4. The summed E-state index contributed by atoms with van der Waals surface area (Å²) in [7, 11) is 0. The molecule has 126 valence electrons. The second kappa shape index (κ2) is 5.18. The van der Waals surface area contributed by atoms with Gasteiger partial charge in [0.05, 0.1) is 24.7 Å². The van der Waals surface area contributed by atoms with Gasteiger partial charge in [-0.25, -0.2) is 0 Å². The molecule has 0 aromatic heterocycles. The molecule has 0 radical (unpaired) electrons. The van der Waals surface area contributed by atoms with E-state index >= 15 is 0 Å². The molecule has 0 saturated carbocycles. The summed E-state index contributed by atoms with van der Waals surface area (Å²) in [6.45, 7) is 6.05. The van der Waals surface area contributed by atoms with Crippen LogP contribution in [-0.2, 0) is 19.1 Å². The van der Waals surface area contributed by atoms with E-state index in [-0.39, 0.29) is 24.1 Å². The summed E-state index contributed by atoms with van der Waals surface area (Å²) in [5.74, 6) is -1.45. The number of anilines is 1. The molecule has 1 aromatic carbocycles. The number of amides is 1. The van der Waals surface area contributed by atoms with Crippen molar-refractivity contribution >= 4 is 17.6 Å². The molecule has 1 aromatic rings. The van der Waals surface area contributed by atoms with Crippen LogP contribution in [0.15, 0.2) is 36.4 Å². The van der Waals surface area contributed by atoms with Gasteiger partial charge in [0, 0.05) is 5.69 Å². The SMILES string of the molecule is Cc1ccccc1N1C[C@]23C=C[C@@H](O2)[C@H](C(=O)OC(C)C)[C@H]3C1=O. The molecule has 3 heterocycles. The van der Waals surface area contributed by atoms with E-state index in [1.54, 1.807) is 4.90 Å². The minimum Gasteiger partial charge on any atom is -0.463 e. The molecule has 0 unspecified atom stereocenters. The number of carbonyl (C=O) groups excluding carboxylic acids is 2. The molecule has 3 aliphatic heterocycles. The fraction of sp³-hybridized carbons (Fsp3) is 0.474. The van der Waals surface area contributed by atoms with E-state index in [2.05, 4.69) is 0 Å². The first-order valence-electron chi connectivity index (χ1n) is 8.37. The number of rotatable bonds is 3. The Morgan fingerprint density at radius 2 is 2.12 bits per heavy atom. The summed E-state index contributed by atoms with van der Waals surface area (Å²) in [6.07, 6.45) is 3.29. The predicted octanol–water partition coefficient (Wildman–Crippen LogP) is 2.23. The molecule has 4 atom stereocenters. The van der Waals surface area contributed by atoms with Gasteiger partial charge < -0.3 is 14.4 Å². The van der Waals surface area contributed by atoms with Gasteiger partial charge >= 0.3 is 5.97 Å². The van der Waals surface area contributed by atoms with Crippen LogP contribution in [0.2, 0.25) is 0 Å². The summed E-state index contributed by atoms with van der Waals surface area (Å²) in [4.78, 5) is 27.4. The average molecular weight is 327 g/mol. The first-order valence-corrected chi connectivity index (χ1v) is 8.37. The van der Waals surface area contributed by atoms with Gasteiger partial charge in [0.25, 0.3) is 0 Å². The van der Waals surface area contributed by atoms with Crippen molar-refractivity contribution in [2.75, 3.05) is 11.4 Å². The van der Waals surface area contributed by atoms with Crippen molar-refractivity contribution in [3.63, 3.8) is 0 Å². The van der Waals surface area contributed by atoms with E-state index in [9.17, 15) is 9.59 Å². The van der Waals surface area contributed by atoms with Crippen molar-refractivity contribution in [3.8, 4) is 0 Å². The van der Waals surface area contributed by atoms with E-state index in [1.807, 2.05) is 57.2 Å². The van der Waals surface area contributed by atoms with Gasteiger partial charge in [-0.3, -0.25) is 9.59 Å². The molecule has 1 amide bonds. The molecular weight excluding hydrogens is 306 g/mol. The number of hydrogen-bond acceptors (Lipinski definition) is 4. The fourth-order valence-electron chi connectivity index (χ4n) is 4.15. The average Bonchev–Trinajstić information content (AvgIpc) is 3.15. The molecule has 2 bridgehead atoms. The van der Waals surface area contributed by atoms with Crippen LogP contribution in [0, 0.1) is 18.8 Å². The number of nitrogens with zero attached hydrogens (tertiary/aromatic N) is 1. The number of para-hydroxylation sites is 1. The Hall–Kier alpha value is -2.14. The first kappa shape index (κ1) is 15.4. The Labute approximate surface area is 141 Å². The van der Waals surface area contributed by atoms with E-state index in [4.69, 9.17) is 9.47 Å². The summed E-state index contributed by atoms with van der Waals surface area (Å²) in [6, 6.07) is 7.78. The summed E-state index contributed by atoms with van der Waals surface area (Å²) >= 11 is 0. The van der Waals surface area contributed by atoms with Crippen LogP contribution < -0.4 is 4.90 Å². The molecule has 3 aliphatic rings. The minimum atomic E-state index is -0.704. The van der Waals surface area contributed by atoms with Crippen molar-refractivity contribution < 1.29 is 19.1 Å². The van der Waals surface area contributed by atoms with Gasteiger partial charge in [0.1, 0.15) is 11.5 Å². The maximum Gasteiger partial charge on any atom is 0.313 e. The van der Waals surface area contributed by atoms with E-state index in [1.165, 1.54) is 0 Å². The van der Waals surface area contributed by atoms with Crippen LogP contribution >= 0.6 is 0 Å². The lowest BCUT2D eigenvalue weighted by atomic mass is 9.77. The number of ether oxygens (including phenoxy) is 2. The molecule has 2 fully saturated rings.